The van der Waals surface area contributed by atoms with E-state index in [1.165, 1.54) is 0 Å². The zero-order valence-corrected chi connectivity index (χ0v) is 5.22. The van der Waals surface area contributed by atoms with Crippen LogP contribution in [-0.4, -0.2) is 12.6 Å². The average molecular weight is 194 g/mol. The molecular weight excluding hydrogens is 188 g/mol. The van der Waals surface area contributed by atoms with Crippen LogP contribution in [-0.2, 0) is 31.9 Å². The fourth-order valence-corrected chi connectivity index (χ4v) is 0.475. The normalized spacial score (nSPS) is 18.0. The minimum atomic E-state index is -0.0463. The van der Waals surface area contributed by atoms with Gasteiger partial charge in [0.1, 0.15) is 0 Å². The summed E-state index contributed by atoms with van der Waals surface area (Å²) in [6.07, 6.45) is 1.54. The fourth-order valence-electron chi connectivity index (χ4n) is 0.475. The summed E-state index contributed by atoms with van der Waals surface area (Å²) in [5, 5.41) is 0. The Bertz CT molecular complexity index is 64.1. The third kappa shape index (κ3) is 2.12. The van der Waals surface area contributed by atoms with Gasteiger partial charge in [-0.05, 0) is 6.42 Å². The number of esters is 1. The molecular formula is C4H6AgO2. The zero-order valence-electron chi connectivity index (χ0n) is 3.74. The summed E-state index contributed by atoms with van der Waals surface area (Å²) in [5.41, 5.74) is 0. The Morgan fingerprint density at radius 1 is 1.57 bits per heavy atom. The number of hydrogen-bond acceptors (Lipinski definition) is 2. The van der Waals surface area contributed by atoms with Crippen molar-refractivity contribution in [3.8, 4) is 0 Å². The van der Waals surface area contributed by atoms with Crippen LogP contribution < -0.4 is 0 Å². The van der Waals surface area contributed by atoms with Crippen molar-refractivity contribution >= 4 is 5.97 Å². The van der Waals surface area contributed by atoms with Gasteiger partial charge in [0.05, 0.1) is 6.61 Å². The molecule has 1 fully saturated rings. The molecule has 7 heavy (non-hydrogen) atoms. The molecule has 0 aromatic carbocycles. The number of rotatable bonds is 0. The SMILES string of the molecule is O=C1CCCO1.[Ag]. The third-order valence-electron chi connectivity index (χ3n) is 0.788. The predicted octanol–water partition coefficient (Wildman–Crippen LogP) is 0.321. The summed E-state index contributed by atoms with van der Waals surface area (Å²) >= 11 is 0. The van der Waals surface area contributed by atoms with Crippen LogP contribution in [0.2, 0.25) is 0 Å². The molecule has 0 bridgehead atoms. The minimum Gasteiger partial charge on any atom is -0.466 e. The monoisotopic (exact) mass is 193 g/mol. The maximum absolute atomic E-state index is 10.0. The van der Waals surface area contributed by atoms with Gasteiger partial charge in [-0.3, -0.25) is 4.79 Å². The second kappa shape index (κ2) is 3.24. The summed E-state index contributed by atoms with van der Waals surface area (Å²) in [4.78, 5) is 10.0. The average Bonchev–Trinajstić information content (AvgIpc) is 1.86. The maximum Gasteiger partial charge on any atom is 0.305 e. The predicted molar refractivity (Wildman–Crippen MR) is 20.2 cm³/mol. The Hall–Kier alpha value is 0.210. The van der Waals surface area contributed by atoms with Gasteiger partial charge in [0.15, 0.2) is 0 Å². The van der Waals surface area contributed by atoms with Crippen LogP contribution in [0.15, 0.2) is 0 Å². The molecule has 1 aliphatic rings. The molecule has 0 saturated carbocycles. The molecule has 1 radical (unpaired) electrons. The number of carbonyl (C=O) groups excluding carboxylic acids is 1. The molecule has 3 heteroatoms. The zero-order chi connectivity index (χ0) is 4.41. The van der Waals surface area contributed by atoms with Crippen LogP contribution in [0, 0.1) is 0 Å². The van der Waals surface area contributed by atoms with E-state index in [0.29, 0.717) is 13.0 Å². The van der Waals surface area contributed by atoms with Crippen molar-refractivity contribution in [2.24, 2.45) is 0 Å². The summed E-state index contributed by atoms with van der Waals surface area (Å²) in [6.45, 7) is 0.638. The summed E-state index contributed by atoms with van der Waals surface area (Å²) in [6, 6.07) is 0. The van der Waals surface area contributed by atoms with Crippen LogP contribution >= 0.6 is 0 Å². The van der Waals surface area contributed by atoms with Crippen molar-refractivity contribution < 1.29 is 31.9 Å². The molecule has 1 aliphatic heterocycles. The molecule has 0 spiro atoms. The molecule has 2 nitrogen and oxygen atoms in total. The first-order valence-corrected chi connectivity index (χ1v) is 2.05. The number of cyclic esters (lactones) is 1. The van der Waals surface area contributed by atoms with Crippen molar-refractivity contribution in [3.63, 3.8) is 0 Å². The molecule has 0 aromatic heterocycles. The topological polar surface area (TPSA) is 26.3 Å². The number of hydrogen-bond donors (Lipinski definition) is 0. The number of ether oxygens (including phenoxy) is 1. The largest absolute Gasteiger partial charge is 0.466 e. The molecule has 1 saturated heterocycles. The molecule has 0 aliphatic carbocycles. The first-order chi connectivity index (χ1) is 2.89. The van der Waals surface area contributed by atoms with Gasteiger partial charge in [-0.25, -0.2) is 0 Å². The maximum atomic E-state index is 10.0. The van der Waals surface area contributed by atoms with Gasteiger partial charge in [0, 0.05) is 28.8 Å². The van der Waals surface area contributed by atoms with E-state index in [0.717, 1.165) is 6.42 Å². The molecule has 45 valence electrons. The van der Waals surface area contributed by atoms with Crippen LogP contribution in [0.5, 0.6) is 0 Å². The van der Waals surface area contributed by atoms with E-state index in [2.05, 4.69) is 4.74 Å². The van der Waals surface area contributed by atoms with E-state index in [4.69, 9.17) is 0 Å². The van der Waals surface area contributed by atoms with Gasteiger partial charge >= 0.3 is 5.97 Å². The summed E-state index contributed by atoms with van der Waals surface area (Å²) < 4.78 is 4.51. The second-order valence-electron chi connectivity index (χ2n) is 1.32. The first kappa shape index (κ1) is 7.21. The van der Waals surface area contributed by atoms with Gasteiger partial charge < -0.3 is 4.74 Å². The van der Waals surface area contributed by atoms with Crippen LogP contribution in [0.1, 0.15) is 12.8 Å². The molecule has 0 aromatic rings. The third-order valence-corrected chi connectivity index (χ3v) is 0.788. The van der Waals surface area contributed by atoms with Crippen molar-refractivity contribution in [1.82, 2.24) is 0 Å². The standard InChI is InChI=1S/C4H6O2.Ag/c5-4-2-1-3-6-4;/h1-3H2;. The molecule has 0 unspecified atom stereocenters. The van der Waals surface area contributed by atoms with Crippen molar-refractivity contribution in [1.29, 1.82) is 0 Å². The second-order valence-corrected chi connectivity index (χ2v) is 1.32. The van der Waals surface area contributed by atoms with E-state index in [-0.39, 0.29) is 28.3 Å². The molecule has 0 atom stereocenters. The van der Waals surface area contributed by atoms with Crippen LogP contribution in [0.25, 0.3) is 0 Å². The van der Waals surface area contributed by atoms with Crippen LogP contribution in [0.4, 0.5) is 0 Å². The Morgan fingerprint density at radius 3 is 2.43 bits per heavy atom. The molecule has 1 heterocycles. The van der Waals surface area contributed by atoms with E-state index in [9.17, 15) is 4.79 Å². The van der Waals surface area contributed by atoms with E-state index in [1.807, 2.05) is 0 Å². The molecule has 0 amide bonds. The van der Waals surface area contributed by atoms with E-state index >= 15 is 0 Å². The Kier molecular flexibility index (Phi) is 3.34. The Labute approximate surface area is 57.7 Å². The van der Waals surface area contributed by atoms with Crippen molar-refractivity contribution in [2.45, 2.75) is 12.8 Å². The first-order valence-electron chi connectivity index (χ1n) is 2.05. The van der Waals surface area contributed by atoms with E-state index < -0.39 is 0 Å². The van der Waals surface area contributed by atoms with Crippen molar-refractivity contribution in [2.75, 3.05) is 6.61 Å². The fraction of sp³-hybridized carbons (Fsp3) is 0.750. The molecule has 1 rings (SSSR count). The summed E-state index contributed by atoms with van der Waals surface area (Å²) in [7, 11) is 0. The van der Waals surface area contributed by atoms with Gasteiger partial charge in [0.2, 0.25) is 0 Å². The van der Waals surface area contributed by atoms with Gasteiger partial charge in [-0.15, -0.1) is 0 Å². The van der Waals surface area contributed by atoms with Gasteiger partial charge in [-0.1, -0.05) is 0 Å². The van der Waals surface area contributed by atoms with E-state index in [1.54, 1.807) is 0 Å². The van der Waals surface area contributed by atoms with Crippen LogP contribution in [0.3, 0.4) is 0 Å². The van der Waals surface area contributed by atoms with Crippen molar-refractivity contribution in [3.05, 3.63) is 0 Å². The molecule has 0 N–H and O–H groups in total. The number of carbonyl (C=O) groups is 1. The van der Waals surface area contributed by atoms with Gasteiger partial charge in [0.25, 0.3) is 0 Å². The quantitative estimate of drug-likeness (QED) is 0.410. The minimum absolute atomic E-state index is 0. The van der Waals surface area contributed by atoms with Gasteiger partial charge in [-0.2, -0.15) is 0 Å². The summed E-state index contributed by atoms with van der Waals surface area (Å²) in [5.74, 6) is -0.0463. The Balaban J connectivity index is 0.000000360. The smallest absolute Gasteiger partial charge is 0.305 e. The Morgan fingerprint density at radius 2 is 2.29 bits per heavy atom.